The van der Waals surface area contributed by atoms with Gasteiger partial charge in [0.15, 0.2) is 0 Å². The van der Waals surface area contributed by atoms with E-state index in [0.29, 0.717) is 22.2 Å². The summed E-state index contributed by atoms with van der Waals surface area (Å²) >= 11 is 6.10. The summed E-state index contributed by atoms with van der Waals surface area (Å²) in [6.07, 6.45) is 1.71. The molecule has 3 aromatic rings. The second-order valence-corrected chi connectivity index (χ2v) is 4.53. The van der Waals surface area contributed by atoms with Gasteiger partial charge in [-0.2, -0.15) is 0 Å². The summed E-state index contributed by atoms with van der Waals surface area (Å²) in [5.74, 6) is 1.25. The summed E-state index contributed by atoms with van der Waals surface area (Å²) in [6.45, 7) is 0. The maximum atomic E-state index is 6.10. The van der Waals surface area contributed by atoms with E-state index in [2.05, 4.69) is 4.98 Å². The quantitative estimate of drug-likeness (QED) is 0.708. The van der Waals surface area contributed by atoms with Gasteiger partial charge >= 0.3 is 0 Å². The number of hydrogen-bond acceptors (Lipinski definition) is 3. The highest BCUT2D eigenvalue weighted by Crippen LogP contribution is 2.34. The molecule has 2 N–H and O–H groups in total. The summed E-state index contributed by atoms with van der Waals surface area (Å²) < 4.78 is 5.85. The Morgan fingerprint density at radius 3 is 2.74 bits per heavy atom. The van der Waals surface area contributed by atoms with Gasteiger partial charge in [-0.15, -0.1) is 0 Å². The Balaban J connectivity index is 2.08. The highest BCUT2D eigenvalue weighted by atomic mass is 35.5. The van der Waals surface area contributed by atoms with Gasteiger partial charge in [-0.25, -0.2) is 0 Å². The molecule has 0 unspecified atom stereocenters. The Labute approximate surface area is 115 Å². The second kappa shape index (κ2) is 4.78. The number of halogens is 1. The molecule has 0 aliphatic carbocycles. The third kappa shape index (κ3) is 2.33. The number of nitrogens with zero attached hydrogens (tertiary/aromatic N) is 1. The van der Waals surface area contributed by atoms with Crippen molar-refractivity contribution in [2.24, 2.45) is 0 Å². The zero-order chi connectivity index (χ0) is 13.2. The minimum atomic E-state index is 0.523. The number of pyridine rings is 1. The van der Waals surface area contributed by atoms with Crippen molar-refractivity contribution >= 4 is 28.2 Å². The molecule has 0 saturated heterocycles. The van der Waals surface area contributed by atoms with Crippen molar-refractivity contribution in [1.82, 2.24) is 4.98 Å². The fraction of sp³-hybridized carbons (Fsp3) is 0. The molecule has 94 valence electrons. The SMILES string of the molecule is Nc1ccc(Cl)c(Oc2ccnc3ccccc23)c1. The molecule has 0 spiro atoms. The molecule has 0 aliphatic heterocycles. The van der Waals surface area contributed by atoms with Gasteiger partial charge in [0, 0.05) is 23.3 Å². The third-order valence-electron chi connectivity index (χ3n) is 2.78. The molecule has 4 heteroatoms. The minimum absolute atomic E-state index is 0.523. The van der Waals surface area contributed by atoms with E-state index < -0.39 is 0 Å². The van der Waals surface area contributed by atoms with Gasteiger partial charge in [0.1, 0.15) is 11.5 Å². The fourth-order valence-electron chi connectivity index (χ4n) is 1.88. The van der Waals surface area contributed by atoms with E-state index in [1.54, 1.807) is 24.4 Å². The summed E-state index contributed by atoms with van der Waals surface area (Å²) in [4.78, 5) is 4.29. The van der Waals surface area contributed by atoms with Crippen molar-refractivity contribution in [2.45, 2.75) is 0 Å². The van der Waals surface area contributed by atoms with E-state index in [1.165, 1.54) is 0 Å². The average Bonchev–Trinajstić information content (AvgIpc) is 2.43. The van der Waals surface area contributed by atoms with Crippen molar-refractivity contribution in [1.29, 1.82) is 0 Å². The molecule has 0 atom stereocenters. The molecule has 2 aromatic carbocycles. The maximum Gasteiger partial charge on any atom is 0.148 e. The lowest BCUT2D eigenvalue weighted by atomic mass is 10.2. The van der Waals surface area contributed by atoms with Crippen LogP contribution >= 0.6 is 11.6 Å². The van der Waals surface area contributed by atoms with E-state index in [9.17, 15) is 0 Å². The van der Waals surface area contributed by atoms with Crippen molar-refractivity contribution in [3.8, 4) is 11.5 Å². The molecule has 0 amide bonds. The molecule has 1 heterocycles. The molecule has 0 saturated carbocycles. The first-order chi connectivity index (χ1) is 9.24. The van der Waals surface area contributed by atoms with Crippen molar-refractivity contribution in [3.05, 3.63) is 59.8 Å². The Bertz CT molecular complexity index is 738. The summed E-state index contributed by atoms with van der Waals surface area (Å²) in [7, 11) is 0. The summed E-state index contributed by atoms with van der Waals surface area (Å²) in [6, 6.07) is 14.7. The lowest BCUT2D eigenvalue weighted by Crippen LogP contribution is -1.90. The predicted molar refractivity (Wildman–Crippen MR) is 77.7 cm³/mol. The van der Waals surface area contributed by atoms with Crippen LogP contribution in [0.5, 0.6) is 11.5 Å². The molecule has 19 heavy (non-hydrogen) atoms. The first-order valence-corrected chi connectivity index (χ1v) is 6.18. The maximum absolute atomic E-state index is 6.10. The molecular weight excluding hydrogens is 260 g/mol. The van der Waals surface area contributed by atoms with Crippen LogP contribution in [-0.2, 0) is 0 Å². The van der Waals surface area contributed by atoms with Crippen molar-refractivity contribution in [2.75, 3.05) is 5.73 Å². The number of aromatic nitrogens is 1. The standard InChI is InChI=1S/C15H11ClN2O/c16-12-6-5-10(17)9-15(12)19-14-7-8-18-13-4-2-1-3-11(13)14/h1-9H,17H2. The van der Waals surface area contributed by atoms with Crippen LogP contribution in [0.4, 0.5) is 5.69 Å². The van der Waals surface area contributed by atoms with Crippen LogP contribution in [0.1, 0.15) is 0 Å². The monoisotopic (exact) mass is 270 g/mol. The second-order valence-electron chi connectivity index (χ2n) is 4.12. The van der Waals surface area contributed by atoms with Crippen molar-refractivity contribution in [3.63, 3.8) is 0 Å². The van der Waals surface area contributed by atoms with E-state index in [0.717, 1.165) is 10.9 Å². The Morgan fingerprint density at radius 2 is 1.84 bits per heavy atom. The first-order valence-electron chi connectivity index (χ1n) is 5.81. The Hall–Kier alpha value is -2.26. The molecule has 0 radical (unpaired) electrons. The zero-order valence-electron chi connectivity index (χ0n) is 10.0. The highest BCUT2D eigenvalue weighted by Gasteiger charge is 2.07. The number of nitrogen functional groups attached to an aromatic ring is 1. The number of hydrogen-bond donors (Lipinski definition) is 1. The molecule has 0 aliphatic rings. The number of rotatable bonds is 2. The summed E-state index contributed by atoms with van der Waals surface area (Å²) in [5.41, 5.74) is 7.23. The Kier molecular flexibility index (Phi) is 2.97. The van der Waals surface area contributed by atoms with Crippen LogP contribution in [0.15, 0.2) is 54.7 Å². The smallest absolute Gasteiger partial charge is 0.148 e. The normalized spacial score (nSPS) is 10.6. The van der Waals surface area contributed by atoms with E-state index in [4.69, 9.17) is 22.1 Å². The highest BCUT2D eigenvalue weighted by molar-refractivity contribution is 6.32. The van der Waals surface area contributed by atoms with Crippen molar-refractivity contribution < 1.29 is 4.74 Å². The van der Waals surface area contributed by atoms with Crippen LogP contribution < -0.4 is 10.5 Å². The van der Waals surface area contributed by atoms with E-state index >= 15 is 0 Å². The topological polar surface area (TPSA) is 48.1 Å². The van der Waals surface area contributed by atoms with Gasteiger partial charge < -0.3 is 10.5 Å². The van der Waals surface area contributed by atoms with Gasteiger partial charge in [0.25, 0.3) is 0 Å². The first kappa shape index (κ1) is 11.8. The fourth-order valence-corrected chi connectivity index (χ4v) is 2.03. The number of ether oxygens (including phenoxy) is 1. The van der Waals surface area contributed by atoms with E-state index in [-0.39, 0.29) is 0 Å². The summed E-state index contributed by atoms with van der Waals surface area (Å²) in [5, 5.41) is 1.46. The largest absolute Gasteiger partial charge is 0.455 e. The van der Waals surface area contributed by atoms with Crippen LogP contribution in [0.2, 0.25) is 5.02 Å². The molecule has 3 nitrogen and oxygen atoms in total. The zero-order valence-corrected chi connectivity index (χ0v) is 10.8. The number of para-hydroxylation sites is 1. The number of anilines is 1. The molecule has 1 aromatic heterocycles. The average molecular weight is 271 g/mol. The van der Waals surface area contributed by atoms with Crippen LogP contribution in [-0.4, -0.2) is 4.98 Å². The van der Waals surface area contributed by atoms with Gasteiger partial charge in [0.05, 0.1) is 10.5 Å². The predicted octanol–water partition coefficient (Wildman–Crippen LogP) is 4.26. The lowest BCUT2D eigenvalue weighted by molar-refractivity contribution is 0.488. The molecule has 0 fully saturated rings. The lowest BCUT2D eigenvalue weighted by Gasteiger charge is -2.10. The van der Waals surface area contributed by atoms with Gasteiger partial charge in [0.2, 0.25) is 0 Å². The molecular formula is C15H11ClN2O. The number of nitrogens with two attached hydrogens (primary N) is 1. The number of fused-ring (bicyclic) bond motifs is 1. The molecule has 0 bridgehead atoms. The van der Waals surface area contributed by atoms with E-state index in [1.807, 2.05) is 30.3 Å². The van der Waals surface area contributed by atoms with Gasteiger partial charge in [-0.1, -0.05) is 23.7 Å². The van der Waals surface area contributed by atoms with Crippen LogP contribution in [0.3, 0.4) is 0 Å². The molecule has 3 rings (SSSR count). The van der Waals surface area contributed by atoms with Gasteiger partial charge in [-0.3, -0.25) is 4.98 Å². The third-order valence-corrected chi connectivity index (χ3v) is 3.10. The van der Waals surface area contributed by atoms with Crippen LogP contribution in [0, 0.1) is 0 Å². The van der Waals surface area contributed by atoms with Gasteiger partial charge in [-0.05, 0) is 30.3 Å². The van der Waals surface area contributed by atoms with Crippen LogP contribution in [0.25, 0.3) is 10.9 Å². The number of benzene rings is 2. The minimum Gasteiger partial charge on any atom is -0.455 e. The Morgan fingerprint density at radius 1 is 1.00 bits per heavy atom.